The summed E-state index contributed by atoms with van der Waals surface area (Å²) >= 11 is 0. The van der Waals surface area contributed by atoms with Crippen molar-refractivity contribution in [2.45, 2.75) is 90.5 Å². The molecular weight excluding hydrogens is 446 g/mol. The van der Waals surface area contributed by atoms with Crippen molar-refractivity contribution in [1.29, 1.82) is 0 Å². The Labute approximate surface area is 206 Å². The number of anilines is 1. The molecule has 0 amide bonds. The van der Waals surface area contributed by atoms with Crippen LogP contribution in [-0.4, -0.2) is 52.0 Å². The quantitative estimate of drug-likeness (QED) is 0.281. The first-order valence-corrected chi connectivity index (χ1v) is 15.3. The average molecular weight is 490 g/mol. The summed E-state index contributed by atoms with van der Waals surface area (Å²) in [5.74, 6) is -0.758. The highest BCUT2D eigenvalue weighted by Crippen LogP contribution is 2.38. The van der Waals surface area contributed by atoms with Crippen LogP contribution in [0, 0.1) is 0 Å². The number of piperidine rings is 1. The molecule has 0 atom stereocenters. The fraction of sp³-hybridized carbons (Fsp3) is 0.667. The lowest BCUT2D eigenvalue weighted by Crippen LogP contribution is -2.45. The van der Waals surface area contributed by atoms with E-state index < -0.39 is 19.7 Å². The van der Waals surface area contributed by atoms with Crippen LogP contribution >= 0.6 is 0 Å². The van der Waals surface area contributed by atoms with Gasteiger partial charge in [-0.15, -0.1) is 0 Å². The minimum absolute atomic E-state index is 0.153. The topological polar surface area (TPSA) is 57.2 Å². The lowest BCUT2D eigenvalue weighted by molar-refractivity contribution is -0.169. The molecule has 190 valence electrons. The van der Waals surface area contributed by atoms with E-state index in [0.29, 0.717) is 19.8 Å². The molecule has 1 aromatic carbocycles. The van der Waals surface area contributed by atoms with Crippen LogP contribution in [-0.2, 0) is 30.0 Å². The van der Waals surface area contributed by atoms with Gasteiger partial charge in [0.25, 0.3) is 0 Å². The van der Waals surface area contributed by atoms with Crippen molar-refractivity contribution < 1.29 is 23.4 Å². The second-order valence-corrected chi connectivity index (χ2v) is 16.7. The number of esters is 1. The Morgan fingerprint density at radius 1 is 1.09 bits per heavy atom. The molecule has 2 heterocycles. The third kappa shape index (κ3) is 6.94. The van der Waals surface area contributed by atoms with Crippen molar-refractivity contribution in [2.75, 3.05) is 31.2 Å². The van der Waals surface area contributed by atoms with E-state index in [1.807, 2.05) is 26.8 Å². The molecule has 0 unspecified atom stereocenters. The Balaban J connectivity index is 1.80. The summed E-state index contributed by atoms with van der Waals surface area (Å²) in [7, 11) is -1.86. The minimum Gasteiger partial charge on any atom is -0.457 e. The molecule has 0 aliphatic carbocycles. The zero-order valence-corrected chi connectivity index (χ0v) is 23.3. The Morgan fingerprint density at radius 3 is 2.26 bits per heavy atom. The Kier molecular flexibility index (Phi) is 8.02. The second kappa shape index (κ2) is 10.1. The standard InChI is InChI=1S/C27H43NO5Si/c1-25(2,3)33-24(29)12-10-22-19-21(20-32-34(7,8)26(4,5)6)9-11-23(22)28-15-13-27(14-16-28)30-17-18-31-27/h9-12,19H,13-18,20H2,1-8H3/b12-10+. The van der Waals surface area contributed by atoms with Crippen LogP contribution in [0.2, 0.25) is 18.1 Å². The van der Waals surface area contributed by atoms with Gasteiger partial charge in [0.1, 0.15) is 5.60 Å². The van der Waals surface area contributed by atoms with E-state index in [1.54, 1.807) is 0 Å². The van der Waals surface area contributed by atoms with Gasteiger partial charge in [0.2, 0.25) is 0 Å². The summed E-state index contributed by atoms with van der Waals surface area (Å²) in [6.07, 6.45) is 5.06. The number of rotatable bonds is 6. The number of benzene rings is 1. The van der Waals surface area contributed by atoms with Crippen LogP contribution in [0.15, 0.2) is 24.3 Å². The molecule has 3 rings (SSSR count). The van der Waals surface area contributed by atoms with Crippen LogP contribution in [0.1, 0.15) is 65.5 Å². The molecular formula is C27H43NO5Si. The van der Waals surface area contributed by atoms with Crippen LogP contribution in [0.4, 0.5) is 5.69 Å². The maximum atomic E-state index is 12.4. The fourth-order valence-electron chi connectivity index (χ4n) is 3.96. The molecule has 2 saturated heterocycles. The number of ether oxygens (including phenoxy) is 3. The van der Waals surface area contributed by atoms with Crippen molar-refractivity contribution in [2.24, 2.45) is 0 Å². The second-order valence-electron chi connectivity index (χ2n) is 11.9. The number of carbonyl (C=O) groups excluding carboxylic acids is 1. The number of hydrogen-bond acceptors (Lipinski definition) is 6. The molecule has 6 nitrogen and oxygen atoms in total. The van der Waals surface area contributed by atoms with Gasteiger partial charge >= 0.3 is 5.97 Å². The van der Waals surface area contributed by atoms with Gasteiger partial charge in [-0.3, -0.25) is 0 Å². The van der Waals surface area contributed by atoms with Gasteiger partial charge < -0.3 is 23.5 Å². The van der Waals surface area contributed by atoms with Gasteiger partial charge in [0, 0.05) is 37.7 Å². The van der Waals surface area contributed by atoms with Crippen molar-refractivity contribution in [3.05, 3.63) is 35.4 Å². The molecule has 2 fully saturated rings. The first-order chi connectivity index (χ1) is 15.7. The number of hydrogen-bond donors (Lipinski definition) is 0. The van der Waals surface area contributed by atoms with Gasteiger partial charge in [0.15, 0.2) is 14.1 Å². The summed E-state index contributed by atoms with van der Waals surface area (Å²) in [5.41, 5.74) is 2.68. The van der Waals surface area contributed by atoms with Crippen molar-refractivity contribution in [3.63, 3.8) is 0 Å². The van der Waals surface area contributed by atoms with E-state index in [4.69, 9.17) is 18.6 Å². The van der Waals surface area contributed by atoms with Crippen molar-refractivity contribution >= 4 is 26.1 Å². The van der Waals surface area contributed by atoms with E-state index in [-0.39, 0.29) is 11.0 Å². The smallest absolute Gasteiger partial charge is 0.331 e. The zero-order chi connectivity index (χ0) is 25.2. The van der Waals surface area contributed by atoms with Gasteiger partial charge in [-0.05, 0) is 68.2 Å². The van der Waals surface area contributed by atoms with E-state index in [0.717, 1.165) is 42.7 Å². The van der Waals surface area contributed by atoms with Gasteiger partial charge in [-0.25, -0.2) is 4.79 Å². The monoisotopic (exact) mass is 489 g/mol. The molecule has 0 aromatic heterocycles. The summed E-state index contributed by atoms with van der Waals surface area (Å²) in [5, 5.41) is 0.153. The lowest BCUT2D eigenvalue weighted by Gasteiger charge is -2.39. The van der Waals surface area contributed by atoms with Crippen LogP contribution in [0.5, 0.6) is 0 Å². The predicted octanol–water partition coefficient (Wildman–Crippen LogP) is 5.91. The highest BCUT2D eigenvalue weighted by atomic mass is 28.4. The molecule has 7 heteroatoms. The molecule has 0 saturated carbocycles. The first kappa shape index (κ1) is 26.9. The summed E-state index contributed by atoms with van der Waals surface area (Å²) in [6.45, 7) is 20.5. The largest absolute Gasteiger partial charge is 0.457 e. The third-order valence-electron chi connectivity index (χ3n) is 6.98. The van der Waals surface area contributed by atoms with Gasteiger partial charge in [0.05, 0.1) is 19.8 Å². The predicted molar refractivity (Wildman–Crippen MR) is 139 cm³/mol. The zero-order valence-electron chi connectivity index (χ0n) is 22.3. The van der Waals surface area contributed by atoms with Crippen LogP contribution in [0.25, 0.3) is 6.08 Å². The van der Waals surface area contributed by atoms with E-state index in [2.05, 4.69) is 57.0 Å². The molecule has 2 aliphatic heterocycles. The third-order valence-corrected chi connectivity index (χ3v) is 11.5. The summed E-state index contributed by atoms with van der Waals surface area (Å²) < 4.78 is 23.7. The van der Waals surface area contributed by atoms with Gasteiger partial charge in [-0.2, -0.15) is 0 Å². The van der Waals surface area contributed by atoms with Crippen LogP contribution < -0.4 is 4.90 Å². The summed E-state index contributed by atoms with van der Waals surface area (Å²) in [6, 6.07) is 6.42. The molecule has 0 radical (unpaired) electrons. The molecule has 1 aromatic rings. The maximum Gasteiger partial charge on any atom is 0.331 e. The Hall–Kier alpha value is -1.67. The summed E-state index contributed by atoms with van der Waals surface area (Å²) in [4.78, 5) is 14.7. The highest BCUT2D eigenvalue weighted by molar-refractivity contribution is 6.74. The van der Waals surface area contributed by atoms with Crippen molar-refractivity contribution in [3.8, 4) is 0 Å². The first-order valence-electron chi connectivity index (χ1n) is 12.4. The Morgan fingerprint density at radius 2 is 1.71 bits per heavy atom. The van der Waals surface area contributed by atoms with Crippen molar-refractivity contribution in [1.82, 2.24) is 0 Å². The normalized spacial score (nSPS) is 19.2. The van der Waals surface area contributed by atoms with E-state index in [1.165, 1.54) is 6.08 Å². The molecule has 1 spiro atoms. The van der Waals surface area contributed by atoms with Crippen LogP contribution in [0.3, 0.4) is 0 Å². The average Bonchev–Trinajstić information content (AvgIpc) is 3.17. The van der Waals surface area contributed by atoms with Gasteiger partial charge in [-0.1, -0.05) is 26.8 Å². The molecule has 0 bridgehead atoms. The molecule has 2 aliphatic rings. The lowest BCUT2D eigenvalue weighted by atomic mass is 10.0. The number of nitrogens with zero attached hydrogens (tertiary/aromatic N) is 1. The Bertz CT molecular complexity index is 881. The minimum atomic E-state index is -1.86. The highest BCUT2D eigenvalue weighted by Gasteiger charge is 2.40. The maximum absolute atomic E-state index is 12.4. The number of carbonyl (C=O) groups is 1. The van der Waals surface area contributed by atoms with E-state index in [9.17, 15) is 4.79 Å². The van der Waals surface area contributed by atoms with E-state index >= 15 is 0 Å². The SMILES string of the molecule is CC(C)(C)OC(=O)/C=C/c1cc(CO[Si](C)(C)C(C)(C)C)ccc1N1CCC2(CC1)OCCO2. The molecule has 34 heavy (non-hydrogen) atoms. The fourth-order valence-corrected chi connectivity index (χ4v) is 4.92. The molecule has 0 N–H and O–H groups in total.